The van der Waals surface area contributed by atoms with Crippen LogP contribution < -0.4 is 94.6 Å². The fourth-order valence-electron chi connectivity index (χ4n) is 7.08. The van der Waals surface area contributed by atoms with Crippen LogP contribution in [0.3, 0.4) is 0 Å². The van der Waals surface area contributed by atoms with Crippen LogP contribution in [-0.4, -0.2) is 151 Å². The van der Waals surface area contributed by atoms with Crippen LogP contribution in [0.25, 0.3) is 0 Å². The smallest absolute Gasteiger partial charge is 0.315 e. The molecule has 5 unspecified atom stereocenters. The number of fused-ring (bicyclic) bond motifs is 1. The highest BCUT2D eigenvalue weighted by Gasteiger charge is 2.42. The zero-order valence-corrected chi connectivity index (χ0v) is 38.7. The highest BCUT2D eigenvalue weighted by atomic mass is 32.2. The number of primary amides is 1. The number of urea groups is 1. The predicted octanol–water partition coefficient (Wildman–Crippen LogP) is -6.82. The van der Waals surface area contributed by atoms with Crippen molar-refractivity contribution in [3.05, 3.63) is 0 Å². The monoisotopic (exact) mass is 968 g/mol. The normalized spacial score (nSPS) is 18.1. The van der Waals surface area contributed by atoms with Gasteiger partial charge in [-0.3, -0.25) is 48.7 Å². The molecule has 2 rings (SSSR count). The van der Waals surface area contributed by atoms with E-state index in [2.05, 4.69) is 57.2 Å². The predicted molar refractivity (Wildman–Crippen MR) is 256 cm³/mol. The van der Waals surface area contributed by atoms with Gasteiger partial charge in [-0.15, -0.1) is 0 Å². The second kappa shape index (κ2) is 30.6. The standard InChI is InChI=1S/C38H73N21O7S/c39-20(7-3-14-50-34(41)42)30(62)56-22(8-4-15-51-35(43)44)31(63)49-18-13-21(29(40)61)55-33(65)24(10-6-17-53-37(47)48)57-32(64)23(9-5-16-52-36(45)46)54-27(60)12-2-1-11-26-28-25(19-67-26)58-38(66)59-28/h20-26,28H,1-19,39H2,(H2,40,61)(H,49,63)(H,54,60)(H,55,65)(H,56,62)(H,57,64)(H4,41,42,50)(H4,43,44,51)(H4,45,46,52)(H4,47,48,53)(H2,58,59,66)/t20?,21?,22?,23?,24?,25-,26-,28-/m0/s1. The summed E-state index contributed by atoms with van der Waals surface area (Å²) >= 11 is 1.77. The summed E-state index contributed by atoms with van der Waals surface area (Å²) in [7, 11) is 0. The lowest BCUT2D eigenvalue weighted by Gasteiger charge is -2.25. The number of unbranched alkanes of at least 4 members (excludes halogenated alkanes) is 1. The molecule has 0 aliphatic carbocycles. The van der Waals surface area contributed by atoms with Gasteiger partial charge in [0.1, 0.15) is 24.2 Å². The maximum Gasteiger partial charge on any atom is 0.315 e. The Morgan fingerprint density at radius 1 is 0.567 bits per heavy atom. The van der Waals surface area contributed by atoms with E-state index in [1.54, 1.807) is 11.8 Å². The van der Waals surface area contributed by atoms with E-state index in [4.69, 9.17) is 57.3 Å². The number of nitrogens with zero attached hydrogens (tertiary/aromatic N) is 4. The average molecular weight is 968 g/mol. The van der Waals surface area contributed by atoms with Crippen molar-refractivity contribution >= 4 is 77.1 Å². The number of guanidine groups is 4. The zero-order chi connectivity index (χ0) is 49.9. The molecule has 2 aliphatic rings. The van der Waals surface area contributed by atoms with E-state index in [1.807, 2.05) is 0 Å². The molecule has 2 heterocycles. The number of aliphatic imine (C=N–C) groups is 4. The Kier molecular flexibility index (Phi) is 25.9. The topological polar surface area (TPSA) is 513 Å². The first-order valence-electron chi connectivity index (χ1n) is 22.2. The highest BCUT2D eigenvalue weighted by Crippen LogP contribution is 2.33. The molecule has 0 spiro atoms. The van der Waals surface area contributed by atoms with Gasteiger partial charge in [-0.05, 0) is 70.6 Å². The number of amides is 8. The highest BCUT2D eigenvalue weighted by molar-refractivity contribution is 8.00. The number of hydrogen-bond donors (Lipinski definition) is 17. The van der Waals surface area contributed by atoms with Crippen molar-refractivity contribution in [2.45, 2.75) is 131 Å². The number of carbonyl (C=O) groups excluding carboxylic acids is 7. The van der Waals surface area contributed by atoms with E-state index in [0.29, 0.717) is 32.1 Å². The van der Waals surface area contributed by atoms with Crippen molar-refractivity contribution in [3.63, 3.8) is 0 Å². The van der Waals surface area contributed by atoms with Gasteiger partial charge >= 0.3 is 6.03 Å². The molecule has 0 aromatic carbocycles. The number of hydrogen-bond acceptors (Lipinski definition) is 13. The summed E-state index contributed by atoms with van der Waals surface area (Å²) in [5.41, 5.74) is 55.1. The first kappa shape index (κ1) is 56.6. The van der Waals surface area contributed by atoms with Crippen LogP contribution in [0.4, 0.5) is 4.79 Å². The lowest BCUT2D eigenvalue weighted by atomic mass is 10.0. The summed E-state index contributed by atoms with van der Waals surface area (Å²) < 4.78 is 0. The quantitative estimate of drug-likeness (QED) is 0.0126. The maximum atomic E-state index is 13.9. The summed E-state index contributed by atoms with van der Waals surface area (Å²) in [4.78, 5) is 107. The van der Waals surface area contributed by atoms with E-state index in [0.717, 1.165) is 12.2 Å². The van der Waals surface area contributed by atoms with Crippen molar-refractivity contribution in [1.82, 2.24) is 37.2 Å². The van der Waals surface area contributed by atoms with E-state index in [1.165, 1.54) is 0 Å². The van der Waals surface area contributed by atoms with E-state index in [-0.39, 0.29) is 125 Å². The van der Waals surface area contributed by atoms with Gasteiger partial charge in [0.15, 0.2) is 23.8 Å². The van der Waals surface area contributed by atoms with Gasteiger partial charge < -0.3 is 94.6 Å². The number of rotatable bonds is 33. The van der Waals surface area contributed by atoms with E-state index in [9.17, 15) is 33.6 Å². The molecule has 0 radical (unpaired) electrons. The van der Waals surface area contributed by atoms with Crippen LogP contribution in [-0.2, 0) is 28.8 Å². The van der Waals surface area contributed by atoms with Crippen molar-refractivity contribution in [1.29, 1.82) is 0 Å². The molecule has 2 fully saturated rings. The molecule has 2 aliphatic heterocycles. The SMILES string of the molecule is NC(=O)C(CCNC(=O)C(CCCN=C(N)N)NC(=O)C(N)CCCN=C(N)N)NC(=O)C(CCCN=C(N)N)NC(=O)C(CCCN=C(N)N)NC(=O)CCCC[C@@H]1SC[C@@H]2NC(=O)N[C@@H]21. The molecule has 8 amide bonds. The summed E-state index contributed by atoms with van der Waals surface area (Å²) in [5.74, 6) is -3.82. The molecule has 0 aromatic heterocycles. The molecule has 0 aromatic rings. The molecule has 67 heavy (non-hydrogen) atoms. The number of carbonyl (C=O) groups is 7. The molecular weight excluding hydrogens is 895 g/mol. The van der Waals surface area contributed by atoms with Crippen molar-refractivity contribution in [2.24, 2.45) is 77.3 Å². The van der Waals surface area contributed by atoms with Gasteiger partial charge in [0.2, 0.25) is 35.4 Å². The van der Waals surface area contributed by atoms with Crippen LogP contribution in [0.1, 0.15) is 83.5 Å². The number of nitrogens with two attached hydrogens (primary N) is 10. The summed E-state index contributed by atoms with van der Waals surface area (Å²) in [5, 5.41) is 19.3. The molecule has 0 saturated carbocycles. The maximum absolute atomic E-state index is 13.9. The molecular formula is C38H73N21O7S. The van der Waals surface area contributed by atoms with Crippen molar-refractivity contribution < 1.29 is 33.6 Å². The minimum atomic E-state index is -1.33. The van der Waals surface area contributed by atoms with Crippen LogP contribution in [0.15, 0.2) is 20.0 Å². The molecule has 0 bridgehead atoms. The van der Waals surface area contributed by atoms with Crippen LogP contribution in [0, 0.1) is 0 Å². The van der Waals surface area contributed by atoms with Gasteiger partial charge in [-0.1, -0.05) is 6.42 Å². The molecule has 29 heteroatoms. The fourth-order valence-corrected chi connectivity index (χ4v) is 8.62. The summed E-state index contributed by atoms with van der Waals surface area (Å²) in [6, 6.07) is -5.81. The van der Waals surface area contributed by atoms with Gasteiger partial charge in [0, 0.05) is 50.1 Å². The Bertz CT molecular complexity index is 1770. The molecule has 378 valence electrons. The number of nitrogens with one attached hydrogen (secondary N) is 7. The van der Waals surface area contributed by atoms with Gasteiger partial charge in [-0.2, -0.15) is 11.8 Å². The second-order valence-corrected chi connectivity index (χ2v) is 17.3. The van der Waals surface area contributed by atoms with Gasteiger partial charge in [0.25, 0.3) is 0 Å². The molecule has 27 N–H and O–H groups in total. The fraction of sp³-hybridized carbons (Fsp3) is 0.711. The summed E-state index contributed by atoms with van der Waals surface area (Å²) in [6.45, 7) is 0.493. The lowest BCUT2D eigenvalue weighted by molar-refractivity contribution is -0.133. The van der Waals surface area contributed by atoms with Gasteiger partial charge in [-0.25, -0.2) is 4.79 Å². The molecule has 8 atom stereocenters. The zero-order valence-electron chi connectivity index (χ0n) is 37.9. The Morgan fingerprint density at radius 2 is 1.03 bits per heavy atom. The summed E-state index contributed by atoms with van der Waals surface area (Å²) in [6.07, 6.45) is 3.62. The van der Waals surface area contributed by atoms with E-state index < -0.39 is 65.7 Å². The average Bonchev–Trinajstić information content (AvgIpc) is 3.81. The second-order valence-electron chi connectivity index (χ2n) is 16.1. The Labute approximate surface area is 393 Å². The van der Waals surface area contributed by atoms with Crippen molar-refractivity contribution in [3.8, 4) is 0 Å². The first-order valence-corrected chi connectivity index (χ1v) is 23.2. The third-order valence-electron chi connectivity index (χ3n) is 10.5. The van der Waals surface area contributed by atoms with Crippen LogP contribution in [0.2, 0.25) is 0 Å². The van der Waals surface area contributed by atoms with Crippen LogP contribution >= 0.6 is 11.8 Å². The number of thioether (sulfide) groups is 1. The third-order valence-corrected chi connectivity index (χ3v) is 12.0. The Morgan fingerprint density at radius 3 is 1.54 bits per heavy atom. The minimum absolute atomic E-state index is 0.000102. The van der Waals surface area contributed by atoms with Crippen molar-refractivity contribution in [2.75, 3.05) is 38.5 Å². The first-order chi connectivity index (χ1) is 31.8. The molecule has 28 nitrogen and oxygen atoms in total. The molecule has 2 saturated heterocycles. The van der Waals surface area contributed by atoms with Crippen LogP contribution in [0.5, 0.6) is 0 Å². The lowest BCUT2D eigenvalue weighted by Crippen LogP contribution is -2.57. The largest absolute Gasteiger partial charge is 0.370 e. The van der Waals surface area contributed by atoms with Gasteiger partial charge in [0.05, 0.1) is 18.1 Å². The van der Waals surface area contributed by atoms with E-state index >= 15 is 0 Å². The Hall–Kier alpha value is -6.52. The third kappa shape index (κ3) is 23.5. The Balaban J connectivity index is 2.12. The minimum Gasteiger partial charge on any atom is -0.370 e.